The maximum atomic E-state index is 6.21. The van der Waals surface area contributed by atoms with Crippen LogP contribution in [0.2, 0.25) is 5.02 Å². The Balaban J connectivity index is 1.73. The van der Waals surface area contributed by atoms with Crippen molar-refractivity contribution in [3.63, 3.8) is 0 Å². The molecule has 0 radical (unpaired) electrons. The summed E-state index contributed by atoms with van der Waals surface area (Å²) in [4.78, 5) is 18.4. The van der Waals surface area contributed by atoms with Gasteiger partial charge in [0.25, 0.3) is 0 Å². The highest BCUT2D eigenvalue weighted by Crippen LogP contribution is 2.33. The van der Waals surface area contributed by atoms with Gasteiger partial charge in [-0.05, 0) is 48.7 Å². The van der Waals surface area contributed by atoms with E-state index in [9.17, 15) is 0 Å². The number of aromatic nitrogens is 5. The van der Waals surface area contributed by atoms with Crippen molar-refractivity contribution in [2.45, 2.75) is 29.9 Å². The first-order valence-corrected chi connectivity index (χ1v) is 9.60. The summed E-state index contributed by atoms with van der Waals surface area (Å²) < 4.78 is 2.07. The fourth-order valence-corrected chi connectivity index (χ4v) is 4.29. The second-order valence-electron chi connectivity index (χ2n) is 6.15. The molecule has 0 saturated heterocycles. The minimum absolute atomic E-state index is 0.379. The van der Waals surface area contributed by atoms with E-state index in [1.807, 2.05) is 31.3 Å². The third-order valence-corrected chi connectivity index (χ3v) is 5.28. The lowest BCUT2D eigenvalue weighted by Gasteiger charge is -2.09. The average molecular weight is 397 g/mol. The Morgan fingerprint density at radius 3 is 2.89 bits per heavy atom. The molecule has 136 valence electrons. The predicted octanol–water partition coefficient (Wildman–Crippen LogP) is 4.16. The first kappa shape index (κ1) is 17.8. The highest BCUT2D eigenvalue weighted by Gasteiger charge is 2.16. The van der Waals surface area contributed by atoms with Gasteiger partial charge in [-0.25, -0.2) is 15.0 Å². The van der Waals surface area contributed by atoms with Gasteiger partial charge in [-0.1, -0.05) is 29.4 Å². The van der Waals surface area contributed by atoms with Gasteiger partial charge < -0.3 is 10.3 Å². The third kappa shape index (κ3) is 3.89. The fourth-order valence-electron chi connectivity index (χ4n) is 2.87. The van der Waals surface area contributed by atoms with Crippen LogP contribution < -0.4 is 5.73 Å². The standard InChI is InChI=1S/C19H17ClN6S/c1-12-7-14(20)9-15(8-12)27-19-25-16-17(21)23-11-24-18(16)26(19)6-4-13-3-2-5-22-10-13/h2-3,5,7-11H,4,6H2,1H3,(H2,21,23,24). The number of benzene rings is 1. The molecular formula is C19H17ClN6S. The number of hydrogen-bond donors (Lipinski definition) is 1. The van der Waals surface area contributed by atoms with Gasteiger partial charge in [0.1, 0.15) is 6.33 Å². The number of halogens is 1. The van der Waals surface area contributed by atoms with Crippen molar-refractivity contribution in [1.82, 2.24) is 24.5 Å². The van der Waals surface area contributed by atoms with Crippen molar-refractivity contribution in [2.75, 3.05) is 5.73 Å². The number of hydrogen-bond acceptors (Lipinski definition) is 6. The van der Waals surface area contributed by atoms with E-state index in [4.69, 9.17) is 22.3 Å². The largest absolute Gasteiger partial charge is 0.382 e. The molecular weight excluding hydrogens is 380 g/mol. The van der Waals surface area contributed by atoms with Crippen molar-refractivity contribution in [3.05, 3.63) is 65.2 Å². The predicted molar refractivity (Wildman–Crippen MR) is 108 cm³/mol. The lowest BCUT2D eigenvalue weighted by Crippen LogP contribution is -2.04. The van der Waals surface area contributed by atoms with E-state index < -0.39 is 0 Å². The molecule has 0 spiro atoms. The summed E-state index contributed by atoms with van der Waals surface area (Å²) in [6.45, 7) is 2.73. The molecule has 8 heteroatoms. The summed E-state index contributed by atoms with van der Waals surface area (Å²) in [5.41, 5.74) is 9.61. The Morgan fingerprint density at radius 1 is 1.22 bits per heavy atom. The number of anilines is 1. The van der Waals surface area contributed by atoms with Crippen LogP contribution >= 0.6 is 23.4 Å². The highest BCUT2D eigenvalue weighted by molar-refractivity contribution is 7.99. The van der Waals surface area contributed by atoms with E-state index in [1.165, 1.54) is 6.33 Å². The number of fused-ring (bicyclic) bond motifs is 1. The summed E-state index contributed by atoms with van der Waals surface area (Å²) in [7, 11) is 0. The second-order valence-corrected chi connectivity index (χ2v) is 7.63. The number of pyridine rings is 1. The quantitative estimate of drug-likeness (QED) is 0.545. The zero-order chi connectivity index (χ0) is 18.8. The van der Waals surface area contributed by atoms with Crippen LogP contribution in [0.1, 0.15) is 11.1 Å². The van der Waals surface area contributed by atoms with Crippen LogP contribution in [0.5, 0.6) is 0 Å². The molecule has 0 aliphatic rings. The molecule has 27 heavy (non-hydrogen) atoms. The van der Waals surface area contributed by atoms with Gasteiger partial charge in [0.2, 0.25) is 0 Å². The van der Waals surface area contributed by atoms with Gasteiger partial charge in [-0.15, -0.1) is 0 Å². The first-order valence-electron chi connectivity index (χ1n) is 8.41. The van der Waals surface area contributed by atoms with Crippen LogP contribution in [-0.4, -0.2) is 24.5 Å². The normalized spacial score (nSPS) is 11.2. The van der Waals surface area contributed by atoms with E-state index in [-0.39, 0.29) is 0 Å². The van der Waals surface area contributed by atoms with E-state index in [0.29, 0.717) is 22.9 Å². The minimum atomic E-state index is 0.379. The Bertz CT molecular complexity index is 1080. The topological polar surface area (TPSA) is 82.5 Å². The van der Waals surface area contributed by atoms with Crippen LogP contribution in [0.25, 0.3) is 11.2 Å². The number of nitrogen functional groups attached to an aromatic ring is 1. The zero-order valence-electron chi connectivity index (χ0n) is 14.6. The molecule has 4 rings (SSSR count). The number of aryl methyl sites for hydroxylation is 3. The van der Waals surface area contributed by atoms with Gasteiger partial charge in [-0.2, -0.15) is 0 Å². The molecule has 6 nitrogen and oxygen atoms in total. The van der Waals surface area contributed by atoms with Crippen LogP contribution in [-0.2, 0) is 13.0 Å². The molecule has 3 heterocycles. The molecule has 4 aromatic rings. The number of nitrogens with zero attached hydrogens (tertiary/aromatic N) is 5. The maximum Gasteiger partial charge on any atom is 0.175 e. The summed E-state index contributed by atoms with van der Waals surface area (Å²) in [6.07, 6.45) is 5.92. The van der Waals surface area contributed by atoms with Crippen molar-refractivity contribution < 1.29 is 0 Å². The summed E-state index contributed by atoms with van der Waals surface area (Å²) >= 11 is 7.75. The van der Waals surface area contributed by atoms with E-state index in [2.05, 4.69) is 31.7 Å². The molecule has 3 aromatic heterocycles. The lowest BCUT2D eigenvalue weighted by molar-refractivity contribution is 0.646. The van der Waals surface area contributed by atoms with Gasteiger partial charge in [0.05, 0.1) is 0 Å². The van der Waals surface area contributed by atoms with Crippen molar-refractivity contribution in [3.8, 4) is 0 Å². The molecule has 2 N–H and O–H groups in total. The Morgan fingerprint density at radius 2 is 2.11 bits per heavy atom. The molecule has 0 amide bonds. The smallest absolute Gasteiger partial charge is 0.175 e. The summed E-state index contributed by atoms with van der Waals surface area (Å²) in [6, 6.07) is 9.93. The summed E-state index contributed by atoms with van der Waals surface area (Å²) in [5, 5.41) is 1.51. The molecule has 0 atom stereocenters. The molecule has 0 aliphatic heterocycles. The van der Waals surface area contributed by atoms with Gasteiger partial charge in [0.15, 0.2) is 22.1 Å². The molecule has 0 aliphatic carbocycles. The van der Waals surface area contributed by atoms with E-state index >= 15 is 0 Å². The van der Waals surface area contributed by atoms with E-state index in [1.54, 1.807) is 18.0 Å². The molecule has 0 unspecified atom stereocenters. The highest BCUT2D eigenvalue weighted by atomic mass is 35.5. The molecule has 0 saturated carbocycles. The molecule has 0 fully saturated rings. The molecule has 1 aromatic carbocycles. The van der Waals surface area contributed by atoms with Crippen molar-refractivity contribution in [1.29, 1.82) is 0 Å². The fraction of sp³-hybridized carbons (Fsp3) is 0.158. The van der Waals surface area contributed by atoms with Crippen LogP contribution in [0.4, 0.5) is 5.82 Å². The maximum absolute atomic E-state index is 6.21. The third-order valence-electron chi connectivity index (χ3n) is 4.10. The van der Waals surface area contributed by atoms with Crippen LogP contribution in [0, 0.1) is 6.92 Å². The number of imidazole rings is 1. The van der Waals surface area contributed by atoms with Gasteiger partial charge >= 0.3 is 0 Å². The van der Waals surface area contributed by atoms with Gasteiger partial charge in [-0.3, -0.25) is 4.98 Å². The Kier molecular flexibility index (Phi) is 4.96. The van der Waals surface area contributed by atoms with Gasteiger partial charge in [0, 0.05) is 28.9 Å². The molecule has 0 bridgehead atoms. The minimum Gasteiger partial charge on any atom is -0.382 e. The van der Waals surface area contributed by atoms with Crippen molar-refractivity contribution in [2.24, 2.45) is 0 Å². The number of rotatable bonds is 5. The van der Waals surface area contributed by atoms with Crippen molar-refractivity contribution >= 4 is 40.3 Å². The Hall–Kier alpha value is -2.64. The monoisotopic (exact) mass is 396 g/mol. The first-order chi connectivity index (χ1) is 13.1. The van der Waals surface area contributed by atoms with E-state index in [0.717, 1.165) is 33.2 Å². The second kappa shape index (κ2) is 7.54. The average Bonchev–Trinajstić information content (AvgIpc) is 2.98. The van der Waals surface area contributed by atoms with Crippen LogP contribution in [0.15, 0.2) is 59.1 Å². The Labute approximate surface area is 165 Å². The zero-order valence-corrected chi connectivity index (χ0v) is 16.2. The number of nitrogens with two attached hydrogens (primary N) is 1. The lowest BCUT2D eigenvalue weighted by atomic mass is 10.2. The summed E-state index contributed by atoms with van der Waals surface area (Å²) in [5.74, 6) is 0.379. The SMILES string of the molecule is Cc1cc(Cl)cc(Sc2nc3c(N)ncnc3n2CCc2cccnc2)c1. The van der Waals surface area contributed by atoms with Crippen LogP contribution in [0.3, 0.4) is 0 Å².